The van der Waals surface area contributed by atoms with Gasteiger partial charge in [-0.25, -0.2) is 0 Å². The number of nitrogens with zero attached hydrogens (tertiary/aromatic N) is 1. The molecule has 4 nitrogen and oxygen atoms in total. The zero-order valence-electron chi connectivity index (χ0n) is 12.8. The Labute approximate surface area is 116 Å². The summed E-state index contributed by atoms with van der Waals surface area (Å²) in [5.74, 6) is 0.292. The molecule has 0 atom stereocenters. The van der Waals surface area contributed by atoms with Gasteiger partial charge in [0.1, 0.15) is 0 Å². The van der Waals surface area contributed by atoms with Gasteiger partial charge in [-0.05, 0) is 31.1 Å². The second kappa shape index (κ2) is 6.92. The van der Waals surface area contributed by atoms with Crippen molar-refractivity contribution in [3.8, 4) is 0 Å². The van der Waals surface area contributed by atoms with Gasteiger partial charge in [0.2, 0.25) is 11.8 Å². The van der Waals surface area contributed by atoms with Crippen molar-refractivity contribution in [3.05, 3.63) is 0 Å². The summed E-state index contributed by atoms with van der Waals surface area (Å²) in [5.41, 5.74) is 0.304. The summed E-state index contributed by atoms with van der Waals surface area (Å²) in [4.78, 5) is 25.0. The first kappa shape index (κ1) is 16.0. The number of hydrogen-bond donors (Lipinski definition) is 1. The molecular weight excluding hydrogens is 240 g/mol. The molecule has 19 heavy (non-hydrogen) atoms. The van der Waals surface area contributed by atoms with Crippen molar-refractivity contribution in [1.82, 2.24) is 10.2 Å². The van der Waals surface area contributed by atoms with Crippen LogP contribution in [0, 0.1) is 5.41 Å². The number of rotatable bonds is 4. The van der Waals surface area contributed by atoms with Crippen LogP contribution in [-0.2, 0) is 9.59 Å². The van der Waals surface area contributed by atoms with Gasteiger partial charge in [-0.2, -0.15) is 0 Å². The molecule has 0 saturated carbocycles. The fourth-order valence-corrected chi connectivity index (χ4v) is 2.49. The minimum absolute atomic E-state index is 0.0231. The summed E-state index contributed by atoms with van der Waals surface area (Å²) < 4.78 is 0. The Kier molecular flexibility index (Phi) is 5.83. The number of carbonyl (C=O) groups excluding carboxylic acids is 2. The second-order valence-corrected chi connectivity index (χ2v) is 6.77. The van der Waals surface area contributed by atoms with Crippen LogP contribution in [-0.4, -0.2) is 35.8 Å². The highest BCUT2D eigenvalue weighted by Crippen LogP contribution is 2.22. The molecule has 0 radical (unpaired) electrons. The van der Waals surface area contributed by atoms with E-state index in [4.69, 9.17) is 0 Å². The standard InChI is InChI=1S/C15H28N2O2/c1-12(18)16-13-7-10-17(11-8-13)14(19)6-5-9-15(2,3)4/h13H,5-11H2,1-4H3,(H,16,18). The molecule has 0 spiro atoms. The van der Waals surface area contributed by atoms with Crippen molar-refractivity contribution in [2.45, 2.75) is 65.8 Å². The van der Waals surface area contributed by atoms with Crippen molar-refractivity contribution >= 4 is 11.8 Å². The van der Waals surface area contributed by atoms with E-state index >= 15 is 0 Å². The normalized spacial score (nSPS) is 17.4. The average Bonchev–Trinajstić information content (AvgIpc) is 2.27. The average molecular weight is 268 g/mol. The van der Waals surface area contributed by atoms with Gasteiger partial charge in [0.25, 0.3) is 0 Å². The fraction of sp³-hybridized carbons (Fsp3) is 0.867. The lowest BCUT2D eigenvalue weighted by molar-refractivity contribution is -0.132. The summed E-state index contributed by atoms with van der Waals surface area (Å²) in [6, 6.07) is 0.246. The number of piperidine rings is 1. The monoisotopic (exact) mass is 268 g/mol. The summed E-state index contributed by atoms with van der Waals surface area (Å²) in [6.45, 7) is 9.71. The quantitative estimate of drug-likeness (QED) is 0.850. The van der Waals surface area contributed by atoms with Crippen molar-refractivity contribution in [1.29, 1.82) is 0 Å². The zero-order chi connectivity index (χ0) is 14.5. The maximum absolute atomic E-state index is 12.1. The van der Waals surface area contributed by atoms with Gasteiger partial charge < -0.3 is 10.2 Å². The molecule has 0 aromatic rings. The third-order valence-corrected chi connectivity index (χ3v) is 3.57. The smallest absolute Gasteiger partial charge is 0.222 e. The van der Waals surface area contributed by atoms with Gasteiger partial charge in [0.15, 0.2) is 0 Å². The molecule has 1 aliphatic heterocycles. The van der Waals surface area contributed by atoms with Crippen LogP contribution < -0.4 is 5.32 Å². The van der Waals surface area contributed by atoms with E-state index in [0.29, 0.717) is 11.8 Å². The molecule has 1 aliphatic rings. The Balaban J connectivity index is 2.23. The number of hydrogen-bond acceptors (Lipinski definition) is 2. The lowest BCUT2D eigenvalue weighted by Gasteiger charge is -2.32. The molecule has 0 aromatic heterocycles. The van der Waals surface area contributed by atoms with Crippen molar-refractivity contribution in [2.24, 2.45) is 5.41 Å². The van der Waals surface area contributed by atoms with E-state index in [1.807, 2.05) is 4.90 Å². The van der Waals surface area contributed by atoms with Crippen LogP contribution in [0.3, 0.4) is 0 Å². The number of amides is 2. The Bertz CT molecular complexity index is 313. The van der Waals surface area contributed by atoms with E-state index in [2.05, 4.69) is 26.1 Å². The van der Waals surface area contributed by atoms with Crippen LogP contribution in [0.2, 0.25) is 0 Å². The lowest BCUT2D eigenvalue weighted by atomic mass is 9.89. The number of carbonyl (C=O) groups is 2. The van der Waals surface area contributed by atoms with E-state index in [9.17, 15) is 9.59 Å². The van der Waals surface area contributed by atoms with Crippen LogP contribution in [0.4, 0.5) is 0 Å². The molecule has 0 aliphatic carbocycles. The summed E-state index contributed by atoms with van der Waals surface area (Å²) >= 11 is 0. The topological polar surface area (TPSA) is 49.4 Å². The number of nitrogens with one attached hydrogen (secondary N) is 1. The van der Waals surface area contributed by atoms with Crippen LogP contribution in [0.1, 0.15) is 59.8 Å². The lowest BCUT2D eigenvalue weighted by Crippen LogP contribution is -2.46. The first-order valence-corrected chi connectivity index (χ1v) is 7.33. The fourth-order valence-electron chi connectivity index (χ4n) is 2.49. The van der Waals surface area contributed by atoms with Gasteiger partial charge in [0.05, 0.1) is 0 Å². The van der Waals surface area contributed by atoms with Crippen LogP contribution in [0.25, 0.3) is 0 Å². The molecule has 1 fully saturated rings. The molecule has 1 rings (SSSR count). The van der Waals surface area contributed by atoms with Crippen molar-refractivity contribution in [2.75, 3.05) is 13.1 Å². The third kappa shape index (κ3) is 6.60. The molecule has 0 unspecified atom stereocenters. The zero-order valence-corrected chi connectivity index (χ0v) is 12.8. The molecule has 4 heteroatoms. The summed E-state index contributed by atoms with van der Waals surface area (Å²) in [5, 5.41) is 2.93. The Hall–Kier alpha value is -1.06. The van der Waals surface area contributed by atoms with Gasteiger partial charge in [-0.1, -0.05) is 20.8 Å². The third-order valence-electron chi connectivity index (χ3n) is 3.57. The Morgan fingerprint density at radius 1 is 1.21 bits per heavy atom. The van der Waals surface area contributed by atoms with Gasteiger partial charge in [-0.15, -0.1) is 0 Å². The van der Waals surface area contributed by atoms with E-state index in [1.54, 1.807) is 6.92 Å². The SMILES string of the molecule is CC(=O)NC1CCN(C(=O)CCCC(C)(C)C)CC1. The highest BCUT2D eigenvalue weighted by atomic mass is 16.2. The van der Waals surface area contributed by atoms with E-state index in [0.717, 1.165) is 38.8 Å². The second-order valence-electron chi connectivity index (χ2n) is 6.77. The molecule has 1 N–H and O–H groups in total. The molecular formula is C15H28N2O2. The first-order valence-electron chi connectivity index (χ1n) is 7.33. The van der Waals surface area contributed by atoms with Gasteiger partial charge >= 0.3 is 0 Å². The minimum Gasteiger partial charge on any atom is -0.353 e. The van der Waals surface area contributed by atoms with E-state index in [-0.39, 0.29) is 17.9 Å². The largest absolute Gasteiger partial charge is 0.353 e. The summed E-state index contributed by atoms with van der Waals surface area (Å²) in [7, 11) is 0. The molecule has 2 amide bonds. The molecule has 110 valence electrons. The van der Waals surface area contributed by atoms with Crippen molar-refractivity contribution < 1.29 is 9.59 Å². The van der Waals surface area contributed by atoms with Gasteiger partial charge in [-0.3, -0.25) is 9.59 Å². The van der Waals surface area contributed by atoms with E-state index < -0.39 is 0 Å². The highest BCUT2D eigenvalue weighted by molar-refractivity contribution is 5.76. The first-order chi connectivity index (χ1) is 8.78. The molecule has 0 bridgehead atoms. The van der Waals surface area contributed by atoms with Crippen molar-refractivity contribution in [3.63, 3.8) is 0 Å². The minimum atomic E-state index is 0.0231. The predicted molar refractivity (Wildman–Crippen MR) is 76.7 cm³/mol. The molecule has 0 aromatic carbocycles. The highest BCUT2D eigenvalue weighted by Gasteiger charge is 2.23. The maximum Gasteiger partial charge on any atom is 0.222 e. The summed E-state index contributed by atoms with van der Waals surface area (Å²) in [6.07, 6.45) is 4.46. The van der Waals surface area contributed by atoms with Crippen LogP contribution in [0.5, 0.6) is 0 Å². The Morgan fingerprint density at radius 3 is 2.26 bits per heavy atom. The van der Waals surface area contributed by atoms with Gasteiger partial charge in [0, 0.05) is 32.5 Å². The van der Waals surface area contributed by atoms with Crippen LogP contribution in [0.15, 0.2) is 0 Å². The van der Waals surface area contributed by atoms with Crippen LogP contribution >= 0.6 is 0 Å². The van der Waals surface area contributed by atoms with E-state index in [1.165, 1.54) is 0 Å². The maximum atomic E-state index is 12.1. The number of likely N-dealkylation sites (tertiary alicyclic amines) is 1. The Morgan fingerprint density at radius 2 is 1.79 bits per heavy atom. The predicted octanol–water partition coefficient (Wildman–Crippen LogP) is 2.33. The molecule has 1 heterocycles. The molecule has 1 saturated heterocycles.